The molecule has 3 heteroatoms. The first-order chi connectivity index (χ1) is 28.8. The molecule has 11 rings (SSSR count). The van der Waals surface area contributed by atoms with Gasteiger partial charge in [0.15, 0.2) is 8.07 Å². The molecule has 9 aromatic rings. The maximum atomic E-state index is 2.50. The maximum Gasteiger partial charge on any atom is 0.184 e. The molecule has 274 valence electrons. The van der Waals surface area contributed by atoms with Crippen molar-refractivity contribution in [3.8, 4) is 0 Å². The molecule has 0 unspecified atom stereocenters. The Hall–Kier alpha value is -7.20. The lowest BCUT2D eigenvalue weighted by Crippen LogP contribution is -2.77. The van der Waals surface area contributed by atoms with Crippen LogP contribution in [-0.4, -0.2) is 8.07 Å². The second-order valence-electron chi connectivity index (χ2n) is 15.2. The predicted octanol–water partition coefficient (Wildman–Crippen LogP) is 11.0. The van der Waals surface area contributed by atoms with Crippen LogP contribution in [0.2, 0.25) is 0 Å². The molecule has 0 radical (unpaired) electrons. The number of rotatable bonds is 6. The van der Waals surface area contributed by atoms with E-state index in [-0.39, 0.29) is 0 Å². The van der Waals surface area contributed by atoms with E-state index in [9.17, 15) is 0 Å². The van der Waals surface area contributed by atoms with Crippen molar-refractivity contribution in [1.82, 2.24) is 0 Å². The van der Waals surface area contributed by atoms with Crippen LogP contribution in [0.3, 0.4) is 0 Å². The van der Waals surface area contributed by atoms with Crippen LogP contribution in [0.4, 0.5) is 34.1 Å². The van der Waals surface area contributed by atoms with E-state index in [1.165, 1.54) is 65.8 Å². The molecular weight excluding hydrogens is 717 g/mol. The van der Waals surface area contributed by atoms with Crippen LogP contribution in [0.5, 0.6) is 0 Å². The zero-order chi connectivity index (χ0) is 38.5. The van der Waals surface area contributed by atoms with Gasteiger partial charge in [-0.1, -0.05) is 194 Å². The minimum Gasteiger partial charge on any atom is -0.311 e. The van der Waals surface area contributed by atoms with E-state index >= 15 is 0 Å². The number of anilines is 6. The minimum absolute atomic E-state index is 0.571. The van der Waals surface area contributed by atoms with E-state index in [0.29, 0.717) is 0 Å². The SMILES string of the molecule is c1ccc(N2c3ccccc3C(c3ccccc3)(c3ccc(N4c5ccccc5[Si](c5ccccc5)(c5ccccc5)c5ccccc54)cc3)c3ccccc32)cc1. The molecule has 0 spiro atoms. The average molecular weight is 757 g/mol. The fraction of sp³-hybridized carbons (Fsp3) is 0.0182. The second-order valence-corrected chi connectivity index (χ2v) is 19.0. The van der Waals surface area contributed by atoms with Gasteiger partial charge < -0.3 is 9.80 Å². The highest BCUT2D eigenvalue weighted by atomic mass is 28.3. The first kappa shape index (κ1) is 34.1. The van der Waals surface area contributed by atoms with Crippen LogP contribution < -0.4 is 30.5 Å². The molecule has 0 bridgehead atoms. The summed E-state index contributed by atoms with van der Waals surface area (Å²) in [6.45, 7) is 0. The Morgan fingerprint density at radius 2 is 0.621 bits per heavy atom. The topological polar surface area (TPSA) is 6.48 Å². The van der Waals surface area contributed by atoms with Gasteiger partial charge in [0, 0.05) is 22.7 Å². The molecule has 9 aromatic carbocycles. The van der Waals surface area contributed by atoms with Crippen LogP contribution in [0.1, 0.15) is 22.3 Å². The molecule has 0 saturated carbocycles. The molecule has 2 heterocycles. The lowest BCUT2D eigenvalue weighted by Gasteiger charge is -2.47. The van der Waals surface area contributed by atoms with Gasteiger partial charge in [-0.05, 0) is 91.5 Å². The van der Waals surface area contributed by atoms with Crippen molar-refractivity contribution in [3.05, 3.63) is 265 Å². The number of benzene rings is 9. The summed E-state index contributed by atoms with van der Waals surface area (Å²) in [5.41, 5.74) is 11.5. The minimum atomic E-state index is -2.71. The smallest absolute Gasteiger partial charge is 0.184 e. The normalized spacial score (nSPS) is 14.4. The lowest BCUT2D eigenvalue weighted by molar-refractivity contribution is 0.731. The number of hydrogen-bond donors (Lipinski definition) is 0. The summed E-state index contributed by atoms with van der Waals surface area (Å²) in [6.07, 6.45) is 0. The zero-order valence-corrected chi connectivity index (χ0v) is 33.0. The molecule has 0 aliphatic carbocycles. The van der Waals surface area contributed by atoms with Crippen LogP contribution >= 0.6 is 0 Å². The lowest BCUT2D eigenvalue weighted by atomic mass is 9.62. The van der Waals surface area contributed by atoms with Crippen LogP contribution in [0.15, 0.2) is 243 Å². The third-order valence-electron chi connectivity index (χ3n) is 12.4. The predicted molar refractivity (Wildman–Crippen MR) is 245 cm³/mol. The van der Waals surface area contributed by atoms with Crippen LogP contribution in [0.25, 0.3) is 0 Å². The van der Waals surface area contributed by atoms with Crippen molar-refractivity contribution in [2.24, 2.45) is 0 Å². The van der Waals surface area contributed by atoms with Crippen molar-refractivity contribution in [1.29, 1.82) is 0 Å². The summed E-state index contributed by atoms with van der Waals surface area (Å²) in [5.74, 6) is 0. The van der Waals surface area contributed by atoms with E-state index in [2.05, 4.69) is 252 Å². The highest BCUT2D eigenvalue weighted by molar-refractivity contribution is 7.21. The first-order valence-corrected chi connectivity index (χ1v) is 22.1. The van der Waals surface area contributed by atoms with Crippen molar-refractivity contribution >= 4 is 62.9 Å². The molecular formula is C55H40N2Si. The van der Waals surface area contributed by atoms with E-state index in [1.807, 2.05) is 0 Å². The Morgan fingerprint density at radius 1 is 0.276 bits per heavy atom. The van der Waals surface area contributed by atoms with Gasteiger partial charge in [0.05, 0.1) is 16.8 Å². The van der Waals surface area contributed by atoms with Gasteiger partial charge >= 0.3 is 0 Å². The first-order valence-electron chi connectivity index (χ1n) is 20.1. The molecule has 0 saturated heterocycles. The van der Waals surface area contributed by atoms with Gasteiger partial charge in [-0.25, -0.2) is 0 Å². The van der Waals surface area contributed by atoms with Gasteiger partial charge in [0.1, 0.15) is 0 Å². The molecule has 58 heavy (non-hydrogen) atoms. The zero-order valence-electron chi connectivity index (χ0n) is 32.0. The number of nitrogens with zero attached hydrogens (tertiary/aromatic N) is 2. The Kier molecular flexibility index (Phi) is 8.09. The maximum absolute atomic E-state index is 2.71. The van der Waals surface area contributed by atoms with Gasteiger partial charge in [-0.3, -0.25) is 0 Å². The summed E-state index contributed by atoms with van der Waals surface area (Å²) in [7, 11) is -2.71. The fourth-order valence-corrected chi connectivity index (χ4v) is 15.2. The van der Waals surface area contributed by atoms with Crippen molar-refractivity contribution in [2.45, 2.75) is 5.41 Å². The summed E-state index contributed by atoms with van der Waals surface area (Å²) < 4.78 is 0. The molecule has 2 nitrogen and oxygen atoms in total. The van der Waals surface area contributed by atoms with E-state index in [4.69, 9.17) is 0 Å². The summed E-state index contributed by atoms with van der Waals surface area (Å²) in [4.78, 5) is 4.93. The molecule has 0 aromatic heterocycles. The van der Waals surface area contributed by atoms with E-state index < -0.39 is 13.5 Å². The average Bonchev–Trinajstić information content (AvgIpc) is 3.31. The highest BCUT2D eigenvalue weighted by Crippen LogP contribution is 2.57. The number of para-hydroxylation sites is 5. The third kappa shape index (κ3) is 4.90. The van der Waals surface area contributed by atoms with Crippen LogP contribution in [0, 0.1) is 0 Å². The molecule has 0 fully saturated rings. The molecule has 2 aliphatic rings. The van der Waals surface area contributed by atoms with Gasteiger partial charge in [0.2, 0.25) is 0 Å². The summed E-state index contributed by atoms with van der Waals surface area (Å²) in [6, 6.07) is 90.0. The highest BCUT2D eigenvalue weighted by Gasteiger charge is 2.49. The third-order valence-corrected chi connectivity index (χ3v) is 17.2. The quantitative estimate of drug-likeness (QED) is 0.156. The molecule has 0 atom stereocenters. The van der Waals surface area contributed by atoms with Crippen molar-refractivity contribution in [3.63, 3.8) is 0 Å². The number of fused-ring (bicyclic) bond motifs is 4. The van der Waals surface area contributed by atoms with E-state index in [1.54, 1.807) is 0 Å². The second kappa shape index (κ2) is 13.8. The van der Waals surface area contributed by atoms with Gasteiger partial charge in [-0.2, -0.15) is 0 Å². The fourth-order valence-electron chi connectivity index (χ4n) is 10.1. The van der Waals surface area contributed by atoms with Crippen molar-refractivity contribution in [2.75, 3.05) is 9.80 Å². The standard InChI is InChI=1S/C55H40N2Si/c1-5-21-41(22-6-1)55(47-29-13-15-31-49(47)56(43-23-7-2-8-24-43)50-32-16-14-30-48(50)55)42-37-39-44(40-38-42)57-51-33-17-19-35-53(51)58(45-25-9-3-10-26-45,46-27-11-4-12-28-46)54-36-20-18-34-52(54)57/h1-40H. The number of hydrogen-bond acceptors (Lipinski definition) is 2. The molecule has 0 N–H and O–H groups in total. The van der Waals surface area contributed by atoms with Crippen LogP contribution in [-0.2, 0) is 5.41 Å². The van der Waals surface area contributed by atoms with E-state index in [0.717, 1.165) is 11.4 Å². The Balaban J connectivity index is 1.14. The Morgan fingerprint density at radius 3 is 1.12 bits per heavy atom. The molecule has 2 aliphatic heterocycles. The Labute approximate surface area is 341 Å². The largest absolute Gasteiger partial charge is 0.311 e. The Bertz CT molecular complexity index is 2760. The van der Waals surface area contributed by atoms with Gasteiger partial charge in [-0.15, -0.1) is 0 Å². The summed E-state index contributed by atoms with van der Waals surface area (Å²) >= 11 is 0. The monoisotopic (exact) mass is 756 g/mol. The van der Waals surface area contributed by atoms with Gasteiger partial charge in [0.25, 0.3) is 0 Å². The molecule has 0 amide bonds. The van der Waals surface area contributed by atoms with Crippen molar-refractivity contribution < 1.29 is 0 Å². The summed E-state index contributed by atoms with van der Waals surface area (Å²) in [5, 5.41) is 5.57.